The quantitative estimate of drug-likeness (QED) is 0.581. The molecular weight excluding hydrogens is 411 g/mol. The molecule has 1 unspecified atom stereocenters. The first kappa shape index (κ1) is 20.4. The standard InChI is InChI=1S/C26H24ClFN2O/c27-24-9-5-4-6-19(24)18-29-12-14-30(15-13-29)26(21-7-2-1-3-8-21)17-20-16-22(28)10-11-23(20)25(26)31/h1-11,16H,12-15,17-18H2. The number of hydrogen-bond donors (Lipinski definition) is 0. The van der Waals surface area contributed by atoms with Gasteiger partial charge in [0.15, 0.2) is 5.78 Å². The van der Waals surface area contributed by atoms with E-state index < -0.39 is 5.54 Å². The molecule has 31 heavy (non-hydrogen) atoms. The third kappa shape index (κ3) is 3.59. The summed E-state index contributed by atoms with van der Waals surface area (Å²) in [4.78, 5) is 18.4. The van der Waals surface area contributed by atoms with Gasteiger partial charge in [-0.1, -0.05) is 60.1 Å². The fourth-order valence-electron chi connectivity index (χ4n) is 5.05. The molecule has 1 fully saturated rings. The molecule has 158 valence electrons. The maximum Gasteiger partial charge on any atom is 0.188 e. The lowest BCUT2D eigenvalue weighted by Crippen LogP contribution is -2.58. The molecule has 0 N–H and O–H groups in total. The van der Waals surface area contributed by atoms with Crippen molar-refractivity contribution in [1.82, 2.24) is 9.80 Å². The van der Waals surface area contributed by atoms with Gasteiger partial charge in [0.2, 0.25) is 0 Å². The third-order valence-electron chi connectivity index (χ3n) is 6.65. The summed E-state index contributed by atoms with van der Waals surface area (Å²) in [5, 5.41) is 0.786. The maximum absolute atomic E-state index is 13.9. The predicted octanol–water partition coefficient (Wildman–Crippen LogP) is 4.93. The average Bonchev–Trinajstić information content (AvgIpc) is 3.09. The molecule has 0 radical (unpaired) electrons. The third-order valence-corrected chi connectivity index (χ3v) is 7.02. The van der Waals surface area contributed by atoms with Gasteiger partial charge in [-0.2, -0.15) is 0 Å². The van der Waals surface area contributed by atoms with Crippen LogP contribution in [-0.4, -0.2) is 41.8 Å². The van der Waals surface area contributed by atoms with Gasteiger partial charge in [-0.15, -0.1) is 0 Å². The molecule has 0 spiro atoms. The molecule has 0 saturated carbocycles. The Morgan fingerprint density at radius 1 is 0.903 bits per heavy atom. The van der Waals surface area contributed by atoms with Gasteiger partial charge in [-0.05, 0) is 41.0 Å². The molecule has 0 bridgehead atoms. The number of fused-ring (bicyclic) bond motifs is 1. The molecule has 5 rings (SSSR count). The fourth-order valence-corrected chi connectivity index (χ4v) is 5.24. The SMILES string of the molecule is O=C1c2ccc(F)cc2CC1(c1ccccc1)N1CCN(Cc2ccccc2Cl)CC1. The van der Waals surface area contributed by atoms with Crippen LogP contribution < -0.4 is 0 Å². The molecule has 1 heterocycles. The van der Waals surface area contributed by atoms with Crippen LogP contribution in [0.25, 0.3) is 0 Å². The lowest BCUT2D eigenvalue weighted by atomic mass is 9.83. The Morgan fingerprint density at radius 2 is 1.61 bits per heavy atom. The van der Waals surface area contributed by atoms with Crippen LogP contribution >= 0.6 is 11.6 Å². The summed E-state index contributed by atoms with van der Waals surface area (Å²) in [6, 6.07) is 22.4. The van der Waals surface area contributed by atoms with Gasteiger partial charge in [-0.25, -0.2) is 4.39 Å². The van der Waals surface area contributed by atoms with E-state index >= 15 is 0 Å². The smallest absolute Gasteiger partial charge is 0.188 e. The summed E-state index contributed by atoms with van der Waals surface area (Å²) in [6.45, 7) is 4.02. The Bertz CT molecular complexity index is 1110. The van der Waals surface area contributed by atoms with Crippen molar-refractivity contribution in [2.45, 2.75) is 18.5 Å². The number of rotatable bonds is 4. The average molecular weight is 435 g/mol. The zero-order chi connectivity index (χ0) is 21.4. The van der Waals surface area contributed by atoms with Crippen molar-refractivity contribution < 1.29 is 9.18 Å². The molecule has 1 aliphatic carbocycles. The zero-order valence-corrected chi connectivity index (χ0v) is 18.0. The number of Topliss-reactive ketones (excluding diaryl/α,β-unsaturated/α-hetero) is 1. The topological polar surface area (TPSA) is 23.6 Å². The van der Waals surface area contributed by atoms with Gasteiger partial charge in [-0.3, -0.25) is 14.6 Å². The highest BCUT2D eigenvalue weighted by Crippen LogP contribution is 2.43. The van der Waals surface area contributed by atoms with Gasteiger partial charge in [0.1, 0.15) is 11.4 Å². The Kier molecular flexibility index (Phi) is 5.39. The minimum absolute atomic E-state index is 0.0771. The van der Waals surface area contributed by atoms with Gasteiger partial charge in [0.25, 0.3) is 0 Å². The van der Waals surface area contributed by atoms with E-state index in [0.29, 0.717) is 12.0 Å². The summed E-state index contributed by atoms with van der Waals surface area (Å²) >= 11 is 6.35. The van der Waals surface area contributed by atoms with E-state index in [1.807, 2.05) is 48.5 Å². The van der Waals surface area contributed by atoms with Crippen molar-refractivity contribution >= 4 is 17.4 Å². The lowest BCUT2D eigenvalue weighted by molar-refractivity contribution is 0.0288. The van der Waals surface area contributed by atoms with E-state index in [1.165, 1.54) is 12.1 Å². The molecule has 2 aliphatic rings. The number of hydrogen-bond acceptors (Lipinski definition) is 3. The van der Waals surface area contributed by atoms with Crippen LogP contribution in [0.4, 0.5) is 4.39 Å². The van der Waals surface area contributed by atoms with Crippen molar-refractivity contribution in [2.24, 2.45) is 0 Å². The van der Waals surface area contributed by atoms with Crippen LogP contribution in [0.5, 0.6) is 0 Å². The van der Waals surface area contributed by atoms with Crippen molar-refractivity contribution in [3.63, 3.8) is 0 Å². The summed E-state index contributed by atoms with van der Waals surface area (Å²) < 4.78 is 13.9. The second-order valence-corrected chi connectivity index (χ2v) is 8.80. The summed E-state index contributed by atoms with van der Waals surface area (Å²) in [5.41, 5.74) is 2.77. The number of halogens is 2. The molecular formula is C26H24ClFN2O. The number of carbonyl (C=O) groups excluding carboxylic acids is 1. The molecule has 0 amide bonds. The van der Waals surface area contributed by atoms with E-state index in [4.69, 9.17) is 11.6 Å². The highest BCUT2D eigenvalue weighted by molar-refractivity contribution is 6.31. The van der Waals surface area contributed by atoms with Gasteiger partial charge in [0.05, 0.1) is 0 Å². The first-order chi connectivity index (χ1) is 15.1. The molecule has 1 atom stereocenters. The van der Waals surface area contributed by atoms with Crippen LogP contribution in [0.3, 0.4) is 0 Å². The Hall–Kier alpha value is -2.53. The van der Waals surface area contributed by atoms with Gasteiger partial charge >= 0.3 is 0 Å². The van der Waals surface area contributed by atoms with E-state index in [1.54, 1.807) is 6.07 Å². The predicted molar refractivity (Wildman–Crippen MR) is 121 cm³/mol. The zero-order valence-electron chi connectivity index (χ0n) is 17.2. The first-order valence-electron chi connectivity index (χ1n) is 10.7. The van der Waals surface area contributed by atoms with Crippen molar-refractivity contribution in [3.05, 3.63) is 106 Å². The van der Waals surface area contributed by atoms with Gasteiger partial charge < -0.3 is 0 Å². The Balaban J connectivity index is 1.42. The van der Waals surface area contributed by atoms with Crippen LogP contribution in [0.15, 0.2) is 72.8 Å². The van der Waals surface area contributed by atoms with Crippen molar-refractivity contribution in [2.75, 3.05) is 26.2 Å². The highest BCUT2D eigenvalue weighted by Gasteiger charge is 2.51. The normalized spacial score (nSPS) is 21.9. The van der Waals surface area contributed by atoms with E-state index in [0.717, 1.165) is 54.4 Å². The molecule has 3 nitrogen and oxygen atoms in total. The second-order valence-electron chi connectivity index (χ2n) is 8.39. The van der Waals surface area contributed by atoms with E-state index in [2.05, 4.69) is 15.9 Å². The number of piperazine rings is 1. The summed E-state index contributed by atoms with van der Waals surface area (Å²) in [7, 11) is 0. The summed E-state index contributed by atoms with van der Waals surface area (Å²) in [6.07, 6.45) is 0.507. The molecule has 0 aromatic heterocycles. The van der Waals surface area contributed by atoms with Crippen LogP contribution in [0.2, 0.25) is 5.02 Å². The molecule has 3 aromatic carbocycles. The Morgan fingerprint density at radius 3 is 2.35 bits per heavy atom. The van der Waals surface area contributed by atoms with Gasteiger partial charge in [0, 0.05) is 49.7 Å². The number of benzene rings is 3. The summed E-state index contributed by atoms with van der Waals surface area (Å²) in [5.74, 6) is -0.215. The second kappa shape index (κ2) is 8.19. The molecule has 1 aliphatic heterocycles. The minimum Gasteiger partial charge on any atom is -0.296 e. The van der Waals surface area contributed by atoms with Crippen molar-refractivity contribution in [3.8, 4) is 0 Å². The Labute approximate surface area is 187 Å². The van der Waals surface area contributed by atoms with E-state index in [9.17, 15) is 9.18 Å². The molecule has 5 heteroatoms. The lowest BCUT2D eigenvalue weighted by Gasteiger charge is -2.45. The number of nitrogens with zero attached hydrogens (tertiary/aromatic N) is 2. The number of carbonyl (C=O) groups is 1. The maximum atomic E-state index is 13.9. The van der Waals surface area contributed by atoms with Crippen LogP contribution in [0, 0.1) is 5.82 Å². The largest absolute Gasteiger partial charge is 0.296 e. The first-order valence-corrected chi connectivity index (χ1v) is 11.1. The van der Waals surface area contributed by atoms with E-state index in [-0.39, 0.29) is 11.6 Å². The van der Waals surface area contributed by atoms with Crippen LogP contribution in [-0.2, 0) is 18.5 Å². The monoisotopic (exact) mass is 434 g/mol. The highest BCUT2D eigenvalue weighted by atomic mass is 35.5. The number of ketones is 1. The van der Waals surface area contributed by atoms with Crippen LogP contribution in [0.1, 0.15) is 27.0 Å². The molecule has 3 aromatic rings. The molecule has 1 saturated heterocycles. The minimum atomic E-state index is -0.770. The van der Waals surface area contributed by atoms with Crippen molar-refractivity contribution in [1.29, 1.82) is 0 Å². The fraction of sp³-hybridized carbons (Fsp3) is 0.269.